The Labute approximate surface area is 227 Å². The average Bonchev–Trinajstić information content (AvgIpc) is 2.95. The number of unbranched alkanes of at least 4 members (excludes halogenated alkanes) is 1. The minimum Gasteiger partial charge on any atom is -0.445 e. The van der Waals surface area contributed by atoms with Gasteiger partial charge in [0.2, 0.25) is 0 Å². The summed E-state index contributed by atoms with van der Waals surface area (Å²) >= 11 is 0. The number of fused-ring (bicyclic) bond motifs is 1. The van der Waals surface area contributed by atoms with Crippen molar-refractivity contribution in [2.45, 2.75) is 59.1 Å². The van der Waals surface area contributed by atoms with E-state index in [4.69, 9.17) is 13.9 Å². The van der Waals surface area contributed by atoms with Crippen LogP contribution in [0.15, 0.2) is 82.0 Å². The number of esters is 1. The monoisotopic (exact) mass is 527 g/mol. The SMILES string of the molecule is CCCC[C@H](NC(=O)OCc1ccccc1)C(=O)Oc1ccc2c(C)c(Cc3ccccc3)c(=O)oc2c1C. The third kappa shape index (κ3) is 6.93. The summed E-state index contributed by atoms with van der Waals surface area (Å²) in [5, 5.41) is 3.42. The van der Waals surface area contributed by atoms with Gasteiger partial charge in [0.05, 0.1) is 0 Å². The molecule has 3 aromatic carbocycles. The van der Waals surface area contributed by atoms with Crippen LogP contribution < -0.4 is 15.7 Å². The molecule has 7 nitrogen and oxygen atoms in total. The van der Waals surface area contributed by atoms with Crippen LogP contribution in [0.5, 0.6) is 5.75 Å². The lowest BCUT2D eigenvalue weighted by atomic mass is 9.98. The zero-order valence-corrected chi connectivity index (χ0v) is 22.5. The van der Waals surface area contributed by atoms with Crippen molar-refractivity contribution in [2.75, 3.05) is 0 Å². The number of amides is 1. The summed E-state index contributed by atoms with van der Waals surface area (Å²) in [6.07, 6.45) is 1.73. The molecule has 0 radical (unpaired) electrons. The van der Waals surface area contributed by atoms with Crippen LogP contribution in [0.3, 0.4) is 0 Å². The van der Waals surface area contributed by atoms with E-state index in [2.05, 4.69) is 5.32 Å². The second-order valence-electron chi connectivity index (χ2n) is 9.54. The summed E-state index contributed by atoms with van der Waals surface area (Å²) in [6.45, 7) is 5.73. The Hall–Kier alpha value is -4.39. The Balaban J connectivity index is 1.51. The van der Waals surface area contributed by atoms with Crippen LogP contribution in [0.1, 0.15) is 54.0 Å². The van der Waals surface area contributed by atoms with Gasteiger partial charge in [-0.25, -0.2) is 14.4 Å². The van der Waals surface area contributed by atoms with Gasteiger partial charge in [0.1, 0.15) is 24.0 Å². The number of hydrogen-bond acceptors (Lipinski definition) is 6. The third-order valence-electron chi connectivity index (χ3n) is 6.72. The van der Waals surface area contributed by atoms with Crippen LogP contribution in [-0.4, -0.2) is 18.1 Å². The second kappa shape index (κ2) is 12.9. The Morgan fingerprint density at radius 3 is 2.23 bits per heavy atom. The average molecular weight is 528 g/mol. The number of alkyl carbamates (subject to hydrolysis) is 1. The van der Waals surface area contributed by atoms with Crippen molar-refractivity contribution in [1.29, 1.82) is 0 Å². The van der Waals surface area contributed by atoms with Gasteiger partial charge in [-0.1, -0.05) is 80.4 Å². The zero-order valence-electron chi connectivity index (χ0n) is 22.5. The first-order chi connectivity index (χ1) is 18.9. The van der Waals surface area contributed by atoms with Crippen LogP contribution in [0.25, 0.3) is 11.0 Å². The van der Waals surface area contributed by atoms with E-state index in [1.807, 2.05) is 74.5 Å². The predicted molar refractivity (Wildman–Crippen MR) is 150 cm³/mol. The van der Waals surface area contributed by atoms with Gasteiger partial charge in [0.25, 0.3) is 0 Å². The number of ether oxygens (including phenoxy) is 2. The highest BCUT2D eigenvalue weighted by atomic mass is 16.6. The van der Waals surface area contributed by atoms with Crippen molar-refractivity contribution < 1.29 is 23.5 Å². The molecule has 0 spiro atoms. The number of aryl methyl sites for hydroxylation is 2. The molecule has 39 heavy (non-hydrogen) atoms. The highest BCUT2D eigenvalue weighted by molar-refractivity contribution is 5.88. The standard InChI is InChI=1S/C32H33NO6/c1-4-5-16-27(33-32(36)37-20-24-14-10-7-11-15-24)31(35)38-28-18-17-25-21(2)26(19-23-12-8-6-9-13-23)30(34)39-29(25)22(28)3/h6-15,17-18,27H,4-5,16,19-20H2,1-3H3,(H,33,36)/t27-/m0/s1. The lowest BCUT2D eigenvalue weighted by Gasteiger charge is -2.18. The fourth-order valence-corrected chi connectivity index (χ4v) is 4.43. The number of rotatable bonds is 10. The van der Waals surface area contributed by atoms with Crippen LogP contribution in [0.2, 0.25) is 0 Å². The van der Waals surface area contributed by atoms with Crippen LogP contribution >= 0.6 is 0 Å². The van der Waals surface area contributed by atoms with Gasteiger partial charge in [-0.2, -0.15) is 0 Å². The summed E-state index contributed by atoms with van der Waals surface area (Å²) in [6, 6.07) is 21.6. The normalized spacial score (nSPS) is 11.7. The van der Waals surface area contributed by atoms with Crippen molar-refractivity contribution in [3.63, 3.8) is 0 Å². The lowest BCUT2D eigenvalue weighted by Crippen LogP contribution is -2.43. The second-order valence-corrected chi connectivity index (χ2v) is 9.54. The van der Waals surface area contributed by atoms with E-state index in [-0.39, 0.29) is 12.4 Å². The van der Waals surface area contributed by atoms with E-state index in [1.165, 1.54) is 0 Å². The molecule has 202 valence electrons. The number of carbonyl (C=O) groups is 2. The Bertz CT molecular complexity index is 1490. The van der Waals surface area contributed by atoms with Crippen molar-refractivity contribution in [3.8, 4) is 5.75 Å². The number of benzene rings is 3. The molecule has 1 aromatic heterocycles. The smallest absolute Gasteiger partial charge is 0.408 e. The fourth-order valence-electron chi connectivity index (χ4n) is 4.43. The first kappa shape index (κ1) is 27.6. The molecular weight excluding hydrogens is 494 g/mol. The molecular formula is C32H33NO6. The highest BCUT2D eigenvalue weighted by Crippen LogP contribution is 2.30. The first-order valence-corrected chi connectivity index (χ1v) is 13.2. The zero-order chi connectivity index (χ0) is 27.8. The molecule has 0 fully saturated rings. The molecule has 0 unspecified atom stereocenters. The molecule has 4 aromatic rings. The van der Waals surface area contributed by atoms with Gasteiger partial charge in [-0.3, -0.25) is 0 Å². The summed E-state index contributed by atoms with van der Waals surface area (Å²) < 4.78 is 16.7. The van der Waals surface area contributed by atoms with E-state index in [9.17, 15) is 14.4 Å². The molecule has 0 aliphatic carbocycles. The number of nitrogens with one attached hydrogen (secondary N) is 1. The molecule has 7 heteroatoms. The van der Waals surface area contributed by atoms with Crippen molar-refractivity contribution in [3.05, 3.63) is 111 Å². The van der Waals surface area contributed by atoms with Crippen molar-refractivity contribution >= 4 is 23.0 Å². The van der Waals surface area contributed by atoms with Crippen LogP contribution in [0, 0.1) is 13.8 Å². The molecule has 1 N–H and O–H groups in total. The summed E-state index contributed by atoms with van der Waals surface area (Å²) in [7, 11) is 0. The van der Waals surface area contributed by atoms with E-state index in [0.29, 0.717) is 36.0 Å². The summed E-state index contributed by atoms with van der Waals surface area (Å²) in [5.74, 6) is -0.339. The van der Waals surface area contributed by atoms with Crippen molar-refractivity contribution in [2.24, 2.45) is 0 Å². The first-order valence-electron chi connectivity index (χ1n) is 13.2. The molecule has 1 heterocycles. The van der Waals surface area contributed by atoms with Gasteiger partial charge < -0.3 is 19.2 Å². The largest absolute Gasteiger partial charge is 0.445 e. The molecule has 4 rings (SSSR count). The molecule has 1 atom stereocenters. The van der Waals surface area contributed by atoms with Gasteiger partial charge in [0.15, 0.2) is 0 Å². The maximum atomic E-state index is 13.1. The lowest BCUT2D eigenvalue weighted by molar-refractivity contribution is -0.136. The van der Waals surface area contributed by atoms with Crippen LogP contribution in [0.4, 0.5) is 4.79 Å². The fraction of sp³-hybridized carbons (Fsp3) is 0.281. The maximum Gasteiger partial charge on any atom is 0.408 e. The minimum atomic E-state index is -0.884. The van der Waals surface area contributed by atoms with Gasteiger partial charge in [0, 0.05) is 22.9 Å². The van der Waals surface area contributed by atoms with E-state index < -0.39 is 23.7 Å². The topological polar surface area (TPSA) is 94.8 Å². The Kier molecular flexibility index (Phi) is 9.15. The molecule has 0 saturated carbocycles. The maximum absolute atomic E-state index is 13.1. The number of hydrogen-bond donors (Lipinski definition) is 1. The molecule has 1 amide bonds. The highest BCUT2D eigenvalue weighted by Gasteiger charge is 2.25. The predicted octanol–water partition coefficient (Wildman–Crippen LogP) is 6.39. The molecule has 0 bridgehead atoms. The van der Waals surface area contributed by atoms with Gasteiger partial charge >= 0.3 is 17.7 Å². The van der Waals surface area contributed by atoms with Crippen molar-refractivity contribution in [1.82, 2.24) is 5.32 Å². The van der Waals surface area contributed by atoms with Gasteiger partial charge in [-0.15, -0.1) is 0 Å². The van der Waals surface area contributed by atoms with E-state index >= 15 is 0 Å². The minimum absolute atomic E-state index is 0.0939. The Morgan fingerprint density at radius 1 is 0.897 bits per heavy atom. The molecule has 0 aliphatic rings. The van der Waals surface area contributed by atoms with E-state index in [1.54, 1.807) is 19.1 Å². The summed E-state index contributed by atoms with van der Waals surface area (Å²) in [4.78, 5) is 38.5. The molecule has 0 aliphatic heterocycles. The van der Waals surface area contributed by atoms with E-state index in [0.717, 1.165) is 28.5 Å². The Morgan fingerprint density at radius 2 is 1.56 bits per heavy atom. The summed E-state index contributed by atoms with van der Waals surface area (Å²) in [5.41, 5.74) is 3.77. The van der Waals surface area contributed by atoms with Crippen LogP contribution in [-0.2, 0) is 22.6 Å². The van der Waals surface area contributed by atoms with Gasteiger partial charge in [-0.05, 0) is 49.1 Å². The quantitative estimate of drug-likeness (QED) is 0.146. The third-order valence-corrected chi connectivity index (χ3v) is 6.72. The number of carbonyl (C=O) groups excluding carboxylic acids is 2. The molecule has 0 saturated heterocycles.